The Kier molecular flexibility index (Phi) is 2.27. The van der Waals surface area contributed by atoms with Gasteiger partial charge in [-0.15, -0.1) is 0 Å². The molecule has 0 radical (unpaired) electrons. The lowest BCUT2D eigenvalue weighted by Gasteiger charge is -2.33. The highest BCUT2D eigenvalue weighted by molar-refractivity contribution is 4.85. The molecule has 68 valence electrons. The zero-order chi connectivity index (χ0) is 8.39. The number of hydrogen-bond acceptors (Lipinski definition) is 3. The first-order valence-electron chi connectivity index (χ1n) is 4.12. The molecule has 0 aromatic heterocycles. The Bertz CT molecular complexity index is 189. The number of allylic oxidation sites excluding steroid dienone is 1. The van der Waals surface area contributed by atoms with E-state index < -0.39 is 0 Å². The van der Waals surface area contributed by atoms with Crippen LogP contribution < -0.4 is 5.12 Å². The van der Waals surface area contributed by atoms with E-state index in [1.165, 1.54) is 0 Å². The molecule has 12 heavy (non-hydrogen) atoms. The summed E-state index contributed by atoms with van der Waals surface area (Å²) in [6.07, 6.45) is 1.95. The third-order valence-electron chi connectivity index (χ3n) is 1.95. The van der Waals surface area contributed by atoms with Crippen molar-refractivity contribution in [1.29, 1.82) is 0 Å². The van der Waals surface area contributed by atoms with Crippen molar-refractivity contribution in [2.75, 3.05) is 26.3 Å². The molecule has 0 bridgehead atoms. The first-order chi connectivity index (χ1) is 5.86. The van der Waals surface area contributed by atoms with Crippen LogP contribution in [0.4, 0.5) is 0 Å². The van der Waals surface area contributed by atoms with Crippen LogP contribution in [0.25, 0.3) is 5.59 Å². The highest BCUT2D eigenvalue weighted by Gasteiger charge is 2.19. The second kappa shape index (κ2) is 3.40. The Hall–Kier alpha value is -0.620. The molecule has 0 spiro atoms. The molecule has 1 unspecified atom stereocenters. The summed E-state index contributed by atoms with van der Waals surface area (Å²) in [5.74, 6) is 0.858. The van der Waals surface area contributed by atoms with Crippen LogP contribution in [0.1, 0.15) is 6.92 Å². The normalized spacial score (nSPS) is 31.4. The Morgan fingerprint density at radius 1 is 1.50 bits per heavy atom. The summed E-state index contributed by atoms with van der Waals surface area (Å²) in [6, 6.07) is 0. The maximum absolute atomic E-state index is 5.23. The van der Waals surface area contributed by atoms with Gasteiger partial charge < -0.3 is 9.57 Å². The molecule has 1 N–H and O–H groups in total. The average Bonchev–Trinajstić information content (AvgIpc) is 2.54. The molecule has 1 atom stereocenters. The van der Waals surface area contributed by atoms with E-state index in [-0.39, 0.29) is 0 Å². The molecule has 1 fully saturated rings. The van der Waals surface area contributed by atoms with Crippen molar-refractivity contribution in [3.8, 4) is 0 Å². The van der Waals surface area contributed by atoms with E-state index in [4.69, 9.17) is 9.57 Å². The van der Waals surface area contributed by atoms with Crippen LogP contribution in [0.3, 0.4) is 0 Å². The second-order valence-electron chi connectivity index (χ2n) is 2.90. The summed E-state index contributed by atoms with van der Waals surface area (Å²) < 4.78 is 5.23. The molecular weight excluding hydrogens is 158 g/mol. The molecule has 0 aliphatic carbocycles. The van der Waals surface area contributed by atoms with Gasteiger partial charge in [0.25, 0.3) is 0 Å². The lowest BCUT2D eigenvalue weighted by molar-refractivity contribution is -0.944. The van der Waals surface area contributed by atoms with Crippen LogP contribution in [-0.4, -0.2) is 31.3 Å². The molecule has 1 saturated heterocycles. The number of rotatable bonds is 1. The minimum absolute atomic E-state index is 0.784. The van der Waals surface area contributed by atoms with Gasteiger partial charge in [-0.1, -0.05) is 0 Å². The first kappa shape index (κ1) is 8.00. The molecular formula is C7H13N3O2. The van der Waals surface area contributed by atoms with Gasteiger partial charge in [0, 0.05) is 0 Å². The molecule has 0 aromatic carbocycles. The van der Waals surface area contributed by atoms with E-state index in [0.717, 1.165) is 37.2 Å². The summed E-state index contributed by atoms with van der Waals surface area (Å²) in [4.78, 5) is 4.99. The van der Waals surface area contributed by atoms with Gasteiger partial charge in [0.1, 0.15) is 12.0 Å². The fourth-order valence-electron chi connectivity index (χ4n) is 1.29. The Morgan fingerprint density at radius 3 is 2.83 bits per heavy atom. The van der Waals surface area contributed by atoms with Crippen LogP contribution in [0.2, 0.25) is 0 Å². The van der Waals surface area contributed by atoms with Gasteiger partial charge in [-0.25, -0.2) is 5.59 Å². The third-order valence-corrected chi connectivity index (χ3v) is 1.95. The van der Waals surface area contributed by atoms with Crippen molar-refractivity contribution >= 4 is 0 Å². The second-order valence-corrected chi connectivity index (χ2v) is 2.90. The van der Waals surface area contributed by atoms with Gasteiger partial charge in [0.05, 0.1) is 26.3 Å². The lowest BCUT2D eigenvalue weighted by atomic mass is 10.5. The summed E-state index contributed by atoms with van der Waals surface area (Å²) in [5, 5.41) is 3.09. The molecule has 0 saturated carbocycles. The van der Waals surface area contributed by atoms with Crippen molar-refractivity contribution in [1.82, 2.24) is 5.01 Å². The standard InChI is InChI=1S/C7H13N3O2/c1-7-6-10(8-12-7)9-2-4-11-5-3-9/h6,10H,2-5H2,1H3. The number of ether oxygens (including phenoxy) is 1. The van der Waals surface area contributed by atoms with E-state index in [1.54, 1.807) is 0 Å². The van der Waals surface area contributed by atoms with Crippen LogP contribution >= 0.6 is 0 Å². The summed E-state index contributed by atoms with van der Waals surface area (Å²) in [7, 11) is 0. The van der Waals surface area contributed by atoms with Crippen molar-refractivity contribution in [2.24, 2.45) is 0 Å². The fourth-order valence-corrected chi connectivity index (χ4v) is 1.29. The zero-order valence-electron chi connectivity index (χ0n) is 7.12. The SMILES string of the molecule is CC1=C[NH+](N2CCOCC2)[N-]O1. The van der Waals surface area contributed by atoms with Crippen LogP contribution in [0.5, 0.6) is 0 Å². The van der Waals surface area contributed by atoms with E-state index in [1.807, 2.05) is 13.1 Å². The van der Waals surface area contributed by atoms with Gasteiger partial charge in [-0.2, -0.15) is 5.01 Å². The molecule has 2 aliphatic heterocycles. The Labute approximate surface area is 71.4 Å². The summed E-state index contributed by atoms with van der Waals surface area (Å²) in [6.45, 7) is 5.28. The van der Waals surface area contributed by atoms with Crippen molar-refractivity contribution in [3.63, 3.8) is 0 Å². The molecule has 2 aliphatic rings. The van der Waals surface area contributed by atoms with E-state index >= 15 is 0 Å². The molecule has 5 heteroatoms. The number of hydrogen-bond donors (Lipinski definition) is 1. The predicted octanol–water partition coefficient (Wildman–Crippen LogP) is -0.786. The van der Waals surface area contributed by atoms with Gasteiger partial charge in [0.15, 0.2) is 0 Å². The quantitative estimate of drug-likeness (QED) is 0.562. The first-order valence-corrected chi connectivity index (χ1v) is 4.12. The van der Waals surface area contributed by atoms with Gasteiger partial charge in [-0.05, 0) is 6.92 Å². The van der Waals surface area contributed by atoms with Crippen LogP contribution in [0.15, 0.2) is 12.0 Å². The monoisotopic (exact) mass is 171 g/mol. The number of quaternary nitrogens is 1. The maximum atomic E-state index is 5.23. The molecule has 2 rings (SSSR count). The van der Waals surface area contributed by atoms with Crippen LogP contribution in [0, 0.1) is 0 Å². The summed E-state index contributed by atoms with van der Waals surface area (Å²) in [5.41, 5.74) is 3.93. The van der Waals surface area contributed by atoms with E-state index in [9.17, 15) is 0 Å². The van der Waals surface area contributed by atoms with Crippen molar-refractivity contribution in [2.45, 2.75) is 6.92 Å². The van der Waals surface area contributed by atoms with Gasteiger partial charge >= 0.3 is 0 Å². The number of nitrogens with one attached hydrogen (secondary N) is 1. The highest BCUT2D eigenvalue weighted by Crippen LogP contribution is 2.02. The Balaban J connectivity index is 1.91. The third kappa shape index (κ3) is 1.59. The minimum atomic E-state index is 0.784. The predicted molar refractivity (Wildman–Crippen MR) is 41.6 cm³/mol. The smallest absolute Gasteiger partial charge is 0.143 e. The maximum Gasteiger partial charge on any atom is 0.143 e. The molecule has 0 amide bonds. The van der Waals surface area contributed by atoms with E-state index in [0.29, 0.717) is 0 Å². The number of morpholine rings is 1. The Morgan fingerprint density at radius 2 is 2.25 bits per heavy atom. The summed E-state index contributed by atoms with van der Waals surface area (Å²) >= 11 is 0. The van der Waals surface area contributed by atoms with Crippen LogP contribution in [-0.2, 0) is 9.57 Å². The molecule has 5 nitrogen and oxygen atoms in total. The average molecular weight is 171 g/mol. The van der Waals surface area contributed by atoms with Gasteiger partial charge in [-0.3, -0.25) is 5.12 Å². The fraction of sp³-hybridized carbons (Fsp3) is 0.714. The topological polar surface area (TPSA) is 40.2 Å². The number of nitrogens with zero attached hydrogens (tertiary/aromatic N) is 2. The van der Waals surface area contributed by atoms with E-state index in [2.05, 4.69) is 10.6 Å². The minimum Gasteiger partial charge on any atom is -0.536 e. The zero-order valence-corrected chi connectivity index (χ0v) is 7.12. The highest BCUT2D eigenvalue weighted by atomic mass is 16.7. The van der Waals surface area contributed by atoms with Crippen molar-refractivity contribution < 1.29 is 14.7 Å². The van der Waals surface area contributed by atoms with Gasteiger partial charge in [0.2, 0.25) is 0 Å². The lowest BCUT2D eigenvalue weighted by Crippen LogP contribution is -3.10. The molecule has 2 heterocycles. The molecule has 0 aromatic rings. The van der Waals surface area contributed by atoms with Crippen molar-refractivity contribution in [3.05, 3.63) is 17.5 Å². The largest absolute Gasteiger partial charge is 0.536 e.